The Labute approximate surface area is 155 Å². The zero-order valence-corrected chi connectivity index (χ0v) is 15.3. The van der Waals surface area contributed by atoms with Crippen LogP contribution in [0.4, 0.5) is 0 Å². The van der Waals surface area contributed by atoms with E-state index in [1.54, 1.807) is 0 Å². The average molecular weight is 391 g/mol. The molecule has 1 atom stereocenters. The maximum Gasteiger partial charge on any atom is 0.264 e. The van der Waals surface area contributed by atoms with E-state index in [1.807, 2.05) is 30.3 Å². The summed E-state index contributed by atoms with van der Waals surface area (Å²) in [4.78, 5) is 18.7. The van der Waals surface area contributed by atoms with Gasteiger partial charge in [-0.05, 0) is 30.3 Å². The molecular weight excluding hydrogens is 374 g/mol. The Morgan fingerprint density at radius 3 is 2.73 bits per heavy atom. The summed E-state index contributed by atoms with van der Waals surface area (Å²) in [7, 11) is -3.24. The zero-order chi connectivity index (χ0) is 18.7. The van der Waals surface area contributed by atoms with E-state index in [0.29, 0.717) is 13.0 Å². The van der Waals surface area contributed by atoms with Gasteiger partial charge in [0.1, 0.15) is 5.56 Å². The minimum absolute atomic E-state index is 0.0515. The number of sulfone groups is 1. The Morgan fingerprint density at radius 2 is 2.08 bits per heavy atom. The van der Waals surface area contributed by atoms with Crippen LogP contribution in [0.15, 0.2) is 51.6 Å². The molecule has 0 saturated heterocycles. The molecule has 0 radical (unpaired) electrons. The number of aliphatic imine (C=N–C) groups is 1. The number of aryl methyl sites for hydroxylation is 1. The predicted octanol–water partition coefficient (Wildman–Crippen LogP) is 1.58. The first kappa shape index (κ1) is 18.3. The zero-order valence-electron chi connectivity index (χ0n) is 13.7. The van der Waals surface area contributed by atoms with Crippen molar-refractivity contribution in [1.82, 2.24) is 9.55 Å². The van der Waals surface area contributed by atoms with Crippen LogP contribution in [0.2, 0.25) is 0 Å². The summed E-state index contributed by atoms with van der Waals surface area (Å²) in [6.45, 7) is 0.379. The van der Waals surface area contributed by atoms with Crippen molar-refractivity contribution in [2.45, 2.75) is 19.0 Å². The predicted molar refractivity (Wildman–Crippen MR) is 102 cm³/mol. The highest BCUT2D eigenvalue weighted by molar-refractivity contribution is 7.94. The van der Waals surface area contributed by atoms with E-state index in [9.17, 15) is 18.3 Å². The van der Waals surface area contributed by atoms with Crippen LogP contribution in [-0.4, -0.2) is 41.1 Å². The van der Waals surface area contributed by atoms with Crippen LogP contribution < -0.4 is 5.56 Å². The molecule has 9 heteroatoms. The molecule has 0 unspecified atom stereocenters. The number of hydrogen-bond acceptors (Lipinski definition) is 6. The lowest BCUT2D eigenvalue weighted by Gasteiger charge is -2.11. The maximum atomic E-state index is 12.1. The molecule has 136 valence electrons. The minimum atomic E-state index is -3.24. The fourth-order valence-electron chi connectivity index (χ4n) is 2.61. The standard InChI is InChI=1S/C17H17N3O4S2/c21-15-14(10-18-13-7-9-26(23,24)11-13)16(22)20(17(25)19-15)8-6-12-4-2-1-3-5-12/h1-5,7,9-10,13,22H,6,8,11H2,(H,19,21,25)/t13-/m1/s1. The van der Waals surface area contributed by atoms with Crippen molar-refractivity contribution in [3.05, 3.63) is 68.1 Å². The van der Waals surface area contributed by atoms with E-state index in [-0.39, 0.29) is 22.0 Å². The van der Waals surface area contributed by atoms with E-state index >= 15 is 0 Å². The number of rotatable bonds is 5. The second-order valence-corrected chi connectivity index (χ2v) is 8.21. The van der Waals surface area contributed by atoms with Gasteiger partial charge in [0.2, 0.25) is 5.88 Å². The number of aromatic nitrogens is 2. The van der Waals surface area contributed by atoms with E-state index < -0.39 is 21.4 Å². The van der Waals surface area contributed by atoms with Gasteiger partial charge < -0.3 is 5.11 Å². The maximum absolute atomic E-state index is 12.1. The molecule has 3 rings (SSSR count). The van der Waals surface area contributed by atoms with Crippen molar-refractivity contribution in [1.29, 1.82) is 0 Å². The summed E-state index contributed by atoms with van der Waals surface area (Å²) in [6.07, 6.45) is 3.26. The first-order valence-electron chi connectivity index (χ1n) is 7.90. The molecule has 0 amide bonds. The van der Waals surface area contributed by atoms with E-state index in [1.165, 1.54) is 16.9 Å². The van der Waals surface area contributed by atoms with Gasteiger partial charge >= 0.3 is 0 Å². The molecule has 1 aromatic carbocycles. The van der Waals surface area contributed by atoms with Gasteiger partial charge in [0, 0.05) is 18.2 Å². The topological polar surface area (TPSA) is 105 Å². The summed E-state index contributed by atoms with van der Waals surface area (Å²) >= 11 is 5.14. The molecule has 2 aromatic rings. The molecule has 2 heterocycles. The van der Waals surface area contributed by atoms with Crippen molar-refractivity contribution in [2.75, 3.05) is 5.75 Å². The first-order valence-corrected chi connectivity index (χ1v) is 10.0. The Morgan fingerprint density at radius 1 is 1.35 bits per heavy atom. The Hall–Kier alpha value is -2.52. The fourth-order valence-corrected chi connectivity index (χ4v) is 4.08. The van der Waals surface area contributed by atoms with Gasteiger partial charge in [-0.1, -0.05) is 30.3 Å². The van der Waals surface area contributed by atoms with Crippen LogP contribution in [0.1, 0.15) is 11.1 Å². The molecule has 26 heavy (non-hydrogen) atoms. The van der Waals surface area contributed by atoms with Crippen LogP contribution in [0, 0.1) is 4.77 Å². The highest BCUT2D eigenvalue weighted by Gasteiger charge is 2.21. The number of nitrogens with zero attached hydrogens (tertiary/aromatic N) is 2. The Kier molecular flexibility index (Phi) is 5.19. The quantitative estimate of drug-likeness (QED) is 0.595. The molecule has 2 N–H and O–H groups in total. The van der Waals surface area contributed by atoms with Crippen LogP contribution in [0.25, 0.3) is 0 Å². The largest absolute Gasteiger partial charge is 0.494 e. The van der Waals surface area contributed by atoms with Crippen LogP contribution in [-0.2, 0) is 22.8 Å². The third-order valence-corrected chi connectivity index (χ3v) is 5.68. The molecule has 0 aliphatic carbocycles. The highest BCUT2D eigenvalue weighted by Crippen LogP contribution is 2.15. The van der Waals surface area contributed by atoms with Crippen LogP contribution >= 0.6 is 12.2 Å². The second-order valence-electron chi connectivity index (χ2n) is 5.89. The van der Waals surface area contributed by atoms with Gasteiger partial charge in [-0.15, -0.1) is 0 Å². The third-order valence-electron chi connectivity index (χ3n) is 3.98. The van der Waals surface area contributed by atoms with Gasteiger partial charge in [-0.3, -0.25) is 19.3 Å². The number of H-pyrrole nitrogens is 1. The smallest absolute Gasteiger partial charge is 0.264 e. The number of benzene rings is 1. The van der Waals surface area contributed by atoms with Crippen molar-refractivity contribution >= 4 is 28.3 Å². The van der Waals surface area contributed by atoms with Crippen molar-refractivity contribution in [3.63, 3.8) is 0 Å². The van der Waals surface area contributed by atoms with E-state index in [2.05, 4.69) is 9.98 Å². The lowest BCUT2D eigenvalue weighted by molar-refractivity contribution is 0.403. The molecule has 0 bridgehead atoms. The monoisotopic (exact) mass is 391 g/mol. The average Bonchev–Trinajstić information content (AvgIpc) is 2.94. The summed E-state index contributed by atoms with van der Waals surface area (Å²) in [6, 6.07) is 9.10. The van der Waals surface area contributed by atoms with E-state index in [0.717, 1.165) is 11.0 Å². The number of nitrogens with one attached hydrogen (secondary N) is 1. The molecule has 0 spiro atoms. The number of aromatic hydroxyl groups is 1. The fraction of sp³-hybridized carbons (Fsp3) is 0.235. The van der Waals surface area contributed by atoms with Gasteiger partial charge in [0.05, 0.1) is 11.8 Å². The summed E-state index contributed by atoms with van der Waals surface area (Å²) < 4.78 is 24.4. The van der Waals surface area contributed by atoms with Crippen molar-refractivity contribution in [2.24, 2.45) is 4.99 Å². The number of aromatic amines is 1. The molecule has 1 aromatic heterocycles. The molecular formula is C17H17N3O4S2. The Bertz CT molecular complexity index is 1080. The second kappa shape index (κ2) is 7.38. The van der Waals surface area contributed by atoms with Crippen LogP contribution in [0.3, 0.4) is 0 Å². The third kappa shape index (κ3) is 4.17. The molecule has 1 aliphatic heterocycles. The normalized spacial score (nSPS) is 18.5. The van der Waals surface area contributed by atoms with E-state index in [4.69, 9.17) is 12.2 Å². The summed E-state index contributed by atoms with van der Waals surface area (Å²) in [5.74, 6) is -0.432. The molecule has 7 nitrogen and oxygen atoms in total. The molecule has 0 fully saturated rings. The van der Waals surface area contributed by atoms with Crippen molar-refractivity contribution in [3.8, 4) is 5.88 Å². The lowest BCUT2D eigenvalue weighted by atomic mass is 10.1. The summed E-state index contributed by atoms with van der Waals surface area (Å²) in [5, 5.41) is 11.6. The first-order chi connectivity index (χ1) is 12.4. The van der Waals surface area contributed by atoms with Crippen LogP contribution in [0.5, 0.6) is 5.88 Å². The number of hydrogen-bond donors (Lipinski definition) is 2. The SMILES string of the molecule is O=c1[nH]c(=S)n(CCc2ccccc2)c(O)c1C=N[C@@H]1C=CS(=O)(=O)C1. The van der Waals surface area contributed by atoms with Gasteiger partial charge in [-0.2, -0.15) is 0 Å². The minimum Gasteiger partial charge on any atom is -0.494 e. The molecule has 0 saturated carbocycles. The summed E-state index contributed by atoms with van der Waals surface area (Å²) in [5.41, 5.74) is 0.443. The highest BCUT2D eigenvalue weighted by atomic mass is 32.2. The Balaban J connectivity index is 1.86. The lowest BCUT2D eigenvalue weighted by Crippen LogP contribution is -2.20. The van der Waals surface area contributed by atoms with Gasteiger partial charge in [0.25, 0.3) is 5.56 Å². The van der Waals surface area contributed by atoms with Gasteiger partial charge in [0.15, 0.2) is 14.6 Å². The molecule has 1 aliphatic rings. The van der Waals surface area contributed by atoms with Gasteiger partial charge in [-0.25, -0.2) is 8.42 Å². The van der Waals surface area contributed by atoms with Crippen molar-refractivity contribution < 1.29 is 13.5 Å².